The van der Waals surface area contributed by atoms with Crippen LogP contribution in [0.25, 0.3) is 0 Å². The molecule has 0 radical (unpaired) electrons. The van der Waals surface area contributed by atoms with E-state index in [9.17, 15) is 4.39 Å². The van der Waals surface area contributed by atoms with Crippen LogP contribution in [-0.2, 0) is 0 Å². The molecule has 0 bridgehead atoms. The molecule has 2 aromatic carbocycles. The monoisotopic (exact) mass is 294 g/mol. The van der Waals surface area contributed by atoms with Crippen molar-refractivity contribution in [3.05, 3.63) is 52.3 Å². The van der Waals surface area contributed by atoms with Gasteiger partial charge in [-0.25, -0.2) is 4.39 Å². The highest BCUT2D eigenvalue weighted by atomic mass is 79.9. The van der Waals surface area contributed by atoms with Gasteiger partial charge in [0.05, 0.1) is 11.4 Å². The third kappa shape index (κ3) is 2.77. The van der Waals surface area contributed by atoms with Crippen LogP contribution in [-0.4, -0.2) is 0 Å². The molecule has 0 saturated heterocycles. The maximum Gasteiger partial charge on any atom is 0.128 e. The summed E-state index contributed by atoms with van der Waals surface area (Å²) in [6.07, 6.45) is 0. The first-order valence-corrected chi connectivity index (χ1v) is 5.94. The summed E-state index contributed by atoms with van der Waals surface area (Å²) in [7, 11) is 0. The Labute approximate surface area is 108 Å². The van der Waals surface area contributed by atoms with E-state index in [0.29, 0.717) is 16.9 Å². The summed E-state index contributed by atoms with van der Waals surface area (Å²) in [4.78, 5) is 0. The molecule has 0 atom stereocenters. The van der Waals surface area contributed by atoms with E-state index in [0.717, 1.165) is 10.2 Å². The first kappa shape index (κ1) is 11.9. The van der Waals surface area contributed by atoms with Crippen molar-refractivity contribution >= 4 is 33.0 Å². The molecule has 0 aliphatic heterocycles. The normalized spacial score (nSPS) is 10.3. The van der Waals surface area contributed by atoms with Crippen LogP contribution in [0.5, 0.6) is 0 Å². The summed E-state index contributed by atoms with van der Waals surface area (Å²) in [5.41, 5.74) is 8.53. The molecule has 2 nitrogen and oxygen atoms in total. The molecule has 0 fully saturated rings. The van der Waals surface area contributed by atoms with Crippen LogP contribution in [0.1, 0.15) is 5.56 Å². The average molecular weight is 295 g/mol. The summed E-state index contributed by atoms with van der Waals surface area (Å²) in [6, 6.07) is 10.5. The van der Waals surface area contributed by atoms with Gasteiger partial charge in [0.2, 0.25) is 0 Å². The SMILES string of the molecule is Cc1ccc(Nc2ccc(Br)cc2N)cc1F. The zero-order chi connectivity index (χ0) is 12.4. The highest BCUT2D eigenvalue weighted by Gasteiger charge is 2.02. The van der Waals surface area contributed by atoms with E-state index in [1.54, 1.807) is 19.1 Å². The Hall–Kier alpha value is -1.55. The molecule has 0 spiro atoms. The lowest BCUT2D eigenvalue weighted by atomic mass is 10.2. The van der Waals surface area contributed by atoms with Crippen LogP contribution in [0.15, 0.2) is 40.9 Å². The van der Waals surface area contributed by atoms with Gasteiger partial charge in [-0.1, -0.05) is 22.0 Å². The maximum absolute atomic E-state index is 13.4. The predicted octanol–water partition coefficient (Wildman–Crippen LogP) is 4.22. The minimum absolute atomic E-state index is 0.231. The first-order chi connectivity index (χ1) is 8.06. The molecule has 0 aromatic heterocycles. The Bertz CT molecular complexity index is 555. The lowest BCUT2D eigenvalue weighted by Crippen LogP contribution is -1.97. The molecule has 0 amide bonds. The number of nitrogens with one attached hydrogen (secondary N) is 1. The van der Waals surface area contributed by atoms with Gasteiger partial charge in [0.15, 0.2) is 0 Å². The number of anilines is 3. The number of rotatable bonds is 2. The molecule has 0 unspecified atom stereocenters. The standard InChI is InChI=1S/C13H12BrFN2/c1-8-2-4-10(7-11(8)15)17-13-5-3-9(14)6-12(13)16/h2-7,17H,16H2,1H3. The van der Waals surface area contributed by atoms with Crippen molar-refractivity contribution in [2.75, 3.05) is 11.1 Å². The van der Waals surface area contributed by atoms with Gasteiger partial charge in [-0.2, -0.15) is 0 Å². The van der Waals surface area contributed by atoms with E-state index in [1.807, 2.05) is 18.2 Å². The summed E-state index contributed by atoms with van der Waals surface area (Å²) in [5, 5.41) is 3.08. The summed E-state index contributed by atoms with van der Waals surface area (Å²) in [6.45, 7) is 1.73. The summed E-state index contributed by atoms with van der Waals surface area (Å²) in [5.74, 6) is -0.231. The molecule has 2 rings (SSSR count). The predicted molar refractivity (Wildman–Crippen MR) is 73.0 cm³/mol. The van der Waals surface area contributed by atoms with Gasteiger partial charge >= 0.3 is 0 Å². The third-order valence-corrected chi connectivity index (χ3v) is 2.96. The first-order valence-electron chi connectivity index (χ1n) is 5.14. The van der Waals surface area contributed by atoms with Gasteiger partial charge in [0.1, 0.15) is 5.82 Å². The molecule has 88 valence electrons. The second-order valence-electron chi connectivity index (χ2n) is 3.82. The van der Waals surface area contributed by atoms with Crippen molar-refractivity contribution in [3.8, 4) is 0 Å². The van der Waals surface area contributed by atoms with Gasteiger partial charge < -0.3 is 11.1 Å². The quantitative estimate of drug-likeness (QED) is 0.814. The number of nitrogen functional groups attached to an aromatic ring is 1. The lowest BCUT2D eigenvalue weighted by Gasteiger charge is -2.10. The van der Waals surface area contributed by atoms with Crippen molar-refractivity contribution in [2.45, 2.75) is 6.92 Å². The summed E-state index contributed by atoms with van der Waals surface area (Å²) >= 11 is 3.34. The molecule has 4 heteroatoms. The van der Waals surface area contributed by atoms with Gasteiger partial charge in [0.25, 0.3) is 0 Å². The van der Waals surface area contributed by atoms with Gasteiger partial charge in [-0.15, -0.1) is 0 Å². The van der Waals surface area contributed by atoms with Crippen molar-refractivity contribution < 1.29 is 4.39 Å². The van der Waals surface area contributed by atoms with E-state index >= 15 is 0 Å². The topological polar surface area (TPSA) is 38.0 Å². The van der Waals surface area contributed by atoms with Gasteiger partial charge in [0, 0.05) is 10.2 Å². The zero-order valence-electron chi connectivity index (χ0n) is 9.30. The van der Waals surface area contributed by atoms with Crippen LogP contribution in [0.4, 0.5) is 21.5 Å². The molecular formula is C13H12BrFN2. The molecule has 0 aliphatic carbocycles. The lowest BCUT2D eigenvalue weighted by molar-refractivity contribution is 0.619. The molecule has 3 N–H and O–H groups in total. The fourth-order valence-electron chi connectivity index (χ4n) is 1.47. The second-order valence-corrected chi connectivity index (χ2v) is 4.74. The Morgan fingerprint density at radius 3 is 2.59 bits per heavy atom. The minimum atomic E-state index is -0.231. The molecule has 0 aliphatic rings. The van der Waals surface area contributed by atoms with Crippen LogP contribution in [0.3, 0.4) is 0 Å². The van der Waals surface area contributed by atoms with Crippen molar-refractivity contribution in [1.29, 1.82) is 0 Å². The Balaban J connectivity index is 2.28. The number of halogens is 2. The fraction of sp³-hybridized carbons (Fsp3) is 0.0769. The number of benzene rings is 2. The highest BCUT2D eigenvalue weighted by Crippen LogP contribution is 2.26. The van der Waals surface area contributed by atoms with Crippen molar-refractivity contribution in [3.63, 3.8) is 0 Å². The molecule has 0 saturated carbocycles. The van der Waals surface area contributed by atoms with Gasteiger partial charge in [-0.3, -0.25) is 0 Å². The summed E-state index contributed by atoms with van der Waals surface area (Å²) < 4.78 is 14.3. The van der Waals surface area contributed by atoms with Crippen LogP contribution < -0.4 is 11.1 Å². The largest absolute Gasteiger partial charge is 0.397 e. The Morgan fingerprint density at radius 1 is 1.18 bits per heavy atom. The molecule has 0 heterocycles. The van der Waals surface area contributed by atoms with E-state index in [4.69, 9.17) is 5.73 Å². The van der Waals surface area contributed by atoms with Gasteiger partial charge in [-0.05, 0) is 42.8 Å². The maximum atomic E-state index is 13.4. The smallest absolute Gasteiger partial charge is 0.128 e. The van der Waals surface area contributed by atoms with Crippen LogP contribution in [0.2, 0.25) is 0 Å². The Kier molecular flexibility index (Phi) is 3.33. The highest BCUT2D eigenvalue weighted by molar-refractivity contribution is 9.10. The third-order valence-electron chi connectivity index (χ3n) is 2.46. The zero-order valence-corrected chi connectivity index (χ0v) is 10.9. The van der Waals surface area contributed by atoms with E-state index in [2.05, 4.69) is 21.2 Å². The van der Waals surface area contributed by atoms with E-state index in [-0.39, 0.29) is 5.82 Å². The second kappa shape index (κ2) is 4.75. The minimum Gasteiger partial charge on any atom is -0.397 e. The van der Waals surface area contributed by atoms with Crippen LogP contribution >= 0.6 is 15.9 Å². The molecule has 17 heavy (non-hydrogen) atoms. The molecular weight excluding hydrogens is 283 g/mol. The van der Waals surface area contributed by atoms with E-state index in [1.165, 1.54) is 6.07 Å². The number of hydrogen-bond donors (Lipinski definition) is 2. The van der Waals surface area contributed by atoms with Crippen molar-refractivity contribution in [1.82, 2.24) is 0 Å². The number of aryl methyl sites for hydroxylation is 1. The van der Waals surface area contributed by atoms with E-state index < -0.39 is 0 Å². The number of hydrogen-bond acceptors (Lipinski definition) is 2. The van der Waals surface area contributed by atoms with Crippen LogP contribution in [0, 0.1) is 12.7 Å². The van der Waals surface area contributed by atoms with Crippen molar-refractivity contribution in [2.24, 2.45) is 0 Å². The Morgan fingerprint density at radius 2 is 1.94 bits per heavy atom. The molecule has 2 aromatic rings. The average Bonchev–Trinajstić information content (AvgIpc) is 2.27. The fourth-order valence-corrected chi connectivity index (χ4v) is 1.85. The number of nitrogens with two attached hydrogens (primary N) is 1.